The molecule has 2 aromatic carbocycles. The van der Waals surface area contributed by atoms with Gasteiger partial charge in [0, 0.05) is 61.2 Å². The number of carbonyl (C=O) groups excluding carboxylic acids is 1. The predicted molar refractivity (Wildman–Crippen MR) is 160 cm³/mol. The quantitative estimate of drug-likeness (QED) is 0.291. The van der Waals surface area contributed by atoms with E-state index in [2.05, 4.69) is 36.0 Å². The molecule has 3 heterocycles. The summed E-state index contributed by atoms with van der Waals surface area (Å²) in [5.41, 5.74) is 4.88. The van der Waals surface area contributed by atoms with Crippen LogP contribution in [0.3, 0.4) is 0 Å². The van der Waals surface area contributed by atoms with Crippen molar-refractivity contribution in [2.45, 2.75) is 66.2 Å². The number of hydrogen-bond donors (Lipinski definition) is 0. The van der Waals surface area contributed by atoms with Gasteiger partial charge in [-0.25, -0.2) is 14.8 Å². The van der Waals surface area contributed by atoms with Gasteiger partial charge in [-0.2, -0.15) is 5.10 Å². The first kappa shape index (κ1) is 28.6. The first-order valence-electron chi connectivity index (χ1n) is 14.0. The second-order valence-corrected chi connectivity index (χ2v) is 12.0. The van der Waals surface area contributed by atoms with E-state index >= 15 is 0 Å². The Kier molecular flexibility index (Phi) is 7.54. The van der Waals surface area contributed by atoms with Crippen LogP contribution >= 0.6 is 0 Å². The highest BCUT2D eigenvalue weighted by atomic mass is 16.7. The van der Waals surface area contributed by atoms with E-state index in [1.807, 2.05) is 64.9 Å². The maximum Gasteiger partial charge on any atom is 0.410 e. The molecule has 10 heteroatoms. The number of carbonyl (C=O) groups is 1. The Hall–Kier alpha value is -3.92. The molecule has 4 aromatic rings. The van der Waals surface area contributed by atoms with Crippen LogP contribution in [0.4, 0.5) is 10.5 Å². The van der Waals surface area contributed by atoms with Crippen molar-refractivity contribution in [1.29, 1.82) is 0 Å². The number of hydrogen-bond acceptors (Lipinski definition) is 8. The Morgan fingerprint density at radius 1 is 1.07 bits per heavy atom. The summed E-state index contributed by atoms with van der Waals surface area (Å²) in [6, 6.07) is 8.32. The van der Waals surface area contributed by atoms with Gasteiger partial charge in [-0.1, -0.05) is 0 Å². The standard InChI is InChI=1S/C31H40N6O4/c1-18-14-36(15-19(2)37(18)30(38)41-31(5,6)7)23-10-11-26-24(13-23)21(4)32-29(33-26)25-12-22-16-35(8)34-27(22)20(3)28(25)40-17-39-9/h10-13,16,18-19H,14-15,17H2,1-9H3/t18-,19+. The van der Waals surface area contributed by atoms with E-state index in [-0.39, 0.29) is 25.0 Å². The summed E-state index contributed by atoms with van der Waals surface area (Å²) in [5, 5.41) is 6.58. The molecular weight excluding hydrogens is 520 g/mol. The van der Waals surface area contributed by atoms with Crippen LogP contribution in [0.15, 0.2) is 30.5 Å². The molecular formula is C31H40N6O4. The van der Waals surface area contributed by atoms with Crippen molar-refractivity contribution in [2.24, 2.45) is 7.05 Å². The summed E-state index contributed by atoms with van der Waals surface area (Å²) in [5.74, 6) is 1.26. The van der Waals surface area contributed by atoms with E-state index < -0.39 is 5.60 Å². The molecule has 1 aliphatic heterocycles. The normalized spacial score (nSPS) is 17.9. The molecule has 2 aromatic heterocycles. The van der Waals surface area contributed by atoms with Crippen LogP contribution in [-0.2, 0) is 16.5 Å². The maximum atomic E-state index is 12.9. The van der Waals surface area contributed by atoms with Gasteiger partial charge >= 0.3 is 6.09 Å². The molecule has 0 radical (unpaired) electrons. The van der Waals surface area contributed by atoms with Crippen LogP contribution in [0.2, 0.25) is 0 Å². The highest BCUT2D eigenvalue weighted by molar-refractivity contribution is 5.92. The smallest absolute Gasteiger partial charge is 0.410 e. The molecule has 0 spiro atoms. The number of benzene rings is 2. The highest BCUT2D eigenvalue weighted by Gasteiger charge is 2.35. The van der Waals surface area contributed by atoms with Crippen molar-refractivity contribution >= 4 is 33.6 Å². The molecule has 2 atom stereocenters. The lowest BCUT2D eigenvalue weighted by atomic mass is 10.0. The lowest BCUT2D eigenvalue weighted by molar-refractivity contribution is 0.00566. The van der Waals surface area contributed by atoms with Crippen LogP contribution in [0, 0.1) is 13.8 Å². The van der Waals surface area contributed by atoms with Gasteiger partial charge in [-0.3, -0.25) is 9.58 Å². The SMILES string of the molecule is COCOc1c(-c2nc(C)c3cc(N4C[C@@H](C)N(C(=O)OC(C)(C)C)[C@@H](C)C4)ccc3n2)cc2cn(C)nc2c1C. The van der Waals surface area contributed by atoms with E-state index in [1.165, 1.54) is 0 Å². The highest BCUT2D eigenvalue weighted by Crippen LogP contribution is 2.38. The molecule has 10 nitrogen and oxygen atoms in total. The molecule has 1 fully saturated rings. The van der Waals surface area contributed by atoms with Crippen molar-refractivity contribution in [2.75, 3.05) is 31.9 Å². The number of ether oxygens (including phenoxy) is 3. The van der Waals surface area contributed by atoms with E-state index in [9.17, 15) is 4.79 Å². The third-order valence-corrected chi connectivity index (χ3v) is 7.42. The van der Waals surface area contributed by atoms with E-state index in [1.54, 1.807) is 11.8 Å². The van der Waals surface area contributed by atoms with Gasteiger partial charge < -0.3 is 19.1 Å². The minimum atomic E-state index is -0.526. The average Bonchev–Trinajstić information content (AvgIpc) is 3.27. The molecule has 1 amide bonds. The summed E-state index contributed by atoms with van der Waals surface area (Å²) in [6.45, 7) is 15.4. The predicted octanol–water partition coefficient (Wildman–Crippen LogP) is 5.62. The minimum absolute atomic E-state index is 0.000161. The number of fused-ring (bicyclic) bond motifs is 2. The van der Waals surface area contributed by atoms with Gasteiger partial charge in [0.1, 0.15) is 11.4 Å². The molecule has 0 bridgehead atoms. The number of rotatable bonds is 5. The second-order valence-electron chi connectivity index (χ2n) is 12.0. The van der Waals surface area contributed by atoms with Crippen LogP contribution in [-0.4, -0.2) is 75.4 Å². The summed E-state index contributed by atoms with van der Waals surface area (Å²) in [4.78, 5) is 26.9. The second kappa shape index (κ2) is 10.8. The zero-order chi connectivity index (χ0) is 29.6. The molecule has 1 aliphatic rings. The van der Waals surface area contributed by atoms with Crippen molar-refractivity contribution in [3.05, 3.63) is 41.7 Å². The molecule has 218 valence electrons. The maximum absolute atomic E-state index is 12.9. The molecule has 0 aliphatic carbocycles. The molecule has 41 heavy (non-hydrogen) atoms. The van der Waals surface area contributed by atoms with Crippen molar-refractivity contribution in [1.82, 2.24) is 24.6 Å². The molecule has 0 unspecified atom stereocenters. The number of piperazine rings is 1. The Bertz CT molecular complexity index is 1600. The Morgan fingerprint density at radius 2 is 1.78 bits per heavy atom. The van der Waals surface area contributed by atoms with Gasteiger partial charge in [-0.05, 0) is 72.7 Å². The fraction of sp³-hybridized carbons (Fsp3) is 0.484. The Morgan fingerprint density at radius 3 is 2.44 bits per heavy atom. The van der Waals surface area contributed by atoms with Crippen LogP contribution in [0.25, 0.3) is 33.2 Å². The first-order valence-corrected chi connectivity index (χ1v) is 14.0. The lowest BCUT2D eigenvalue weighted by Crippen LogP contribution is -2.59. The van der Waals surface area contributed by atoms with Crippen LogP contribution in [0.1, 0.15) is 45.9 Å². The topological polar surface area (TPSA) is 94.8 Å². The number of aryl methyl sites for hydroxylation is 3. The van der Waals surface area contributed by atoms with E-state index in [4.69, 9.17) is 24.2 Å². The molecule has 5 rings (SSSR count). The fourth-order valence-corrected chi connectivity index (χ4v) is 5.70. The zero-order valence-corrected chi connectivity index (χ0v) is 25.5. The third kappa shape index (κ3) is 5.66. The van der Waals surface area contributed by atoms with Gasteiger partial charge in [0.2, 0.25) is 0 Å². The Balaban J connectivity index is 1.47. The van der Waals surface area contributed by atoms with Crippen LogP contribution < -0.4 is 9.64 Å². The summed E-state index contributed by atoms with van der Waals surface area (Å²) >= 11 is 0. The number of methoxy groups -OCH3 is 1. The van der Waals surface area contributed by atoms with Gasteiger partial charge in [0.05, 0.1) is 28.7 Å². The summed E-state index contributed by atoms with van der Waals surface area (Å²) in [7, 11) is 3.50. The van der Waals surface area contributed by atoms with E-state index in [0.717, 1.165) is 44.3 Å². The number of aromatic nitrogens is 4. The third-order valence-electron chi connectivity index (χ3n) is 7.42. The first-order chi connectivity index (χ1) is 19.4. The minimum Gasteiger partial charge on any atom is -0.466 e. The number of nitrogens with zero attached hydrogens (tertiary/aromatic N) is 6. The van der Waals surface area contributed by atoms with Gasteiger partial charge in [0.15, 0.2) is 12.6 Å². The fourth-order valence-electron chi connectivity index (χ4n) is 5.70. The van der Waals surface area contributed by atoms with Crippen molar-refractivity contribution in [3.8, 4) is 17.1 Å². The largest absolute Gasteiger partial charge is 0.466 e. The van der Waals surface area contributed by atoms with Crippen molar-refractivity contribution < 1.29 is 19.0 Å². The molecule has 0 N–H and O–H groups in total. The van der Waals surface area contributed by atoms with Crippen molar-refractivity contribution in [3.63, 3.8) is 0 Å². The summed E-state index contributed by atoms with van der Waals surface area (Å²) in [6.07, 6.45) is 1.72. The summed E-state index contributed by atoms with van der Waals surface area (Å²) < 4.78 is 18.7. The molecule has 1 saturated heterocycles. The zero-order valence-electron chi connectivity index (χ0n) is 25.5. The van der Waals surface area contributed by atoms with Gasteiger partial charge in [0.25, 0.3) is 0 Å². The Labute approximate surface area is 241 Å². The average molecular weight is 561 g/mol. The molecule has 0 saturated carbocycles. The monoisotopic (exact) mass is 560 g/mol. The van der Waals surface area contributed by atoms with Gasteiger partial charge in [-0.15, -0.1) is 0 Å². The number of anilines is 1. The lowest BCUT2D eigenvalue weighted by Gasteiger charge is -2.45. The number of amides is 1. The van der Waals surface area contributed by atoms with Crippen LogP contribution in [0.5, 0.6) is 5.75 Å². The van der Waals surface area contributed by atoms with E-state index in [0.29, 0.717) is 24.7 Å².